The molecule has 0 spiro atoms. The van der Waals surface area contributed by atoms with Crippen LogP contribution < -0.4 is 0 Å². The molecule has 63 heavy (non-hydrogen) atoms. The normalized spacial score (nSPS) is 14.3. The molecule has 3 unspecified atom stereocenters. The molecule has 0 aromatic heterocycles. The van der Waals surface area contributed by atoms with E-state index in [4.69, 9.17) is 18.5 Å². The predicted molar refractivity (Wildman–Crippen MR) is 260 cm³/mol. The van der Waals surface area contributed by atoms with E-state index in [2.05, 4.69) is 74.6 Å². The highest BCUT2D eigenvalue weighted by Crippen LogP contribution is 2.43. The maximum atomic E-state index is 12.4. The lowest BCUT2D eigenvalue weighted by molar-refractivity contribution is -0.153. The molecule has 0 amide bonds. The Morgan fingerprint density at radius 1 is 0.444 bits per heavy atom. The molecule has 0 bridgehead atoms. The third-order valence-electron chi connectivity index (χ3n) is 10.4. The summed E-state index contributed by atoms with van der Waals surface area (Å²) in [6.07, 6.45) is 56.1. The third kappa shape index (κ3) is 45.8. The Hall–Kier alpha value is -2.59. The predicted octanol–water partition coefficient (Wildman–Crippen LogP) is 14.0. The second kappa shape index (κ2) is 47.4. The van der Waals surface area contributed by atoms with E-state index in [-0.39, 0.29) is 12.8 Å². The highest BCUT2D eigenvalue weighted by Gasteiger charge is 2.27. The van der Waals surface area contributed by atoms with Crippen LogP contribution in [0.1, 0.15) is 206 Å². The first-order valence-electron chi connectivity index (χ1n) is 24.9. The summed E-state index contributed by atoms with van der Waals surface area (Å²) in [5, 5.41) is 19.2. The van der Waals surface area contributed by atoms with Crippen molar-refractivity contribution in [1.82, 2.24) is 0 Å². The van der Waals surface area contributed by atoms with Gasteiger partial charge in [-0.2, -0.15) is 0 Å². The second-order valence-corrected chi connectivity index (χ2v) is 17.9. The zero-order valence-corrected chi connectivity index (χ0v) is 40.7. The molecule has 0 aromatic rings. The Balaban J connectivity index is 3.93. The molecule has 0 radical (unpaired) electrons. The van der Waals surface area contributed by atoms with Crippen molar-refractivity contribution in [3.8, 4) is 0 Å². The van der Waals surface area contributed by atoms with Gasteiger partial charge in [-0.25, -0.2) is 4.57 Å². The van der Waals surface area contributed by atoms with Gasteiger partial charge in [-0.3, -0.25) is 18.6 Å². The average Bonchev–Trinajstić information content (AvgIpc) is 3.27. The Labute approximate surface area is 384 Å². The van der Waals surface area contributed by atoms with Crippen LogP contribution in [0.15, 0.2) is 72.9 Å². The van der Waals surface area contributed by atoms with Crippen LogP contribution in [0, 0.1) is 0 Å². The van der Waals surface area contributed by atoms with Gasteiger partial charge >= 0.3 is 19.8 Å². The molecule has 0 heterocycles. The number of hydrogen-bond acceptors (Lipinski definition) is 9. The fourth-order valence-corrected chi connectivity index (χ4v) is 7.46. The number of rotatable bonds is 46. The largest absolute Gasteiger partial charge is 0.472 e. The minimum absolute atomic E-state index is 0.0646. The Kier molecular flexibility index (Phi) is 45.4. The van der Waals surface area contributed by atoms with Crippen molar-refractivity contribution >= 4 is 19.8 Å². The molecule has 10 nitrogen and oxygen atoms in total. The average molecular weight is 907 g/mol. The van der Waals surface area contributed by atoms with Gasteiger partial charge in [0.1, 0.15) is 12.2 Å². The van der Waals surface area contributed by atoms with Crippen LogP contribution in [-0.2, 0) is 32.7 Å². The standard InChI is InChI=1S/C52H91O10P/c1-3-5-7-9-11-13-15-17-19-21-23-24-26-28-30-32-34-36-38-40-42-44-52(56)62-50(46-54)48-60-63(57,58)59-47-49(45-53)61-51(55)43-41-39-37-35-33-31-29-27-25-22-20-18-16-14-12-10-8-6-4-2/h6,8,12,14,18,20,25,27,31,33,37,39,49-50,53-54H,3-5,7,9-11,13,15-17,19,21-24,26,28-30,32,34-36,38,40-48H2,1-2H3,(H,57,58)/b8-6-,14-12-,20-18-,27-25-,33-31-,39-37-. The van der Waals surface area contributed by atoms with E-state index in [0.717, 1.165) is 57.8 Å². The van der Waals surface area contributed by atoms with E-state index in [0.29, 0.717) is 12.8 Å². The minimum atomic E-state index is -4.66. The molecule has 3 atom stereocenters. The number of unbranched alkanes of at least 4 members (excludes halogenated alkanes) is 20. The molecule has 0 rings (SSSR count). The number of carbonyl (C=O) groups is 2. The monoisotopic (exact) mass is 907 g/mol. The van der Waals surface area contributed by atoms with Gasteiger partial charge in [0.05, 0.1) is 26.4 Å². The lowest BCUT2D eigenvalue weighted by Gasteiger charge is -2.20. The van der Waals surface area contributed by atoms with Gasteiger partial charge in [-0.1, -0.05) is 215 Å². The number of esters is 2. The molecule has 0 fully saturated rings. The first-order valence-corrected chi connectivity index (χ1v) is 26.4. The van der Waals surface area contributed by atoms with E-state index in [1.165, 1.54) is 109 Å². The van der Waals surface area contributed by atoms with E-state index in [9.17, 15) is 29.3 Å². The molecule has 0 saturated carbocycles. The summed E-state index contributed by atoms with van der Waals surface area (Å²) in [5.74, 6) is -1.10. The van der Waals surface area contributed by atoms with Gasteiger partial charge in [0.2, 0.25) is 0 Å². The van der Waals surface area contributed by atoms with Crippen LogP contribution in [0.2, 0.25) is 0 Å². The molecule has 364 valence electrons. The van der Waals surface area contributed by atoms with Crippen LogP contribution >= 0.6 is 7.82 Å². The fourth-order valence-electron chi connectivity index (χ4n) is 6.67. The van der Waals surface area contributed by atoms with Crippen LogP contribution in [0.3, 0.4) is 0 Å². The first kappa shape index (κ1) is 60.4. The Morgan fingerprint density at radius 2 is 0.746 bits per heavy atom. The zero-order chi connectivity index (χ0) is 46.2. The molecule has 0 aliphatic carbocycles. The van der Waals surface area contributed by atoms with Crippen molar-refractivity contribution in [2.24, 2.45) is 0 Å². The van der Waals surface area contributed by atoms with Crippen molar-refractivity contribution in [3.05, 3.63) is 72.9 Å². The summed E-state index contributed by atoms with van der Waals surface area (Å²) >= 11 is 0. The van der Waals surface area contributed by atoms with Crippen molar-refractivity contribution in [3.63, 3.8) is 0 Å². The number of phosphoric acid groups is 1. The summed E-state index contributed by atoms with van der Waals surface area (Å²) in [6, 6.07) is 0. The highest BCUT2D eigenvalue weighted by atomic mass is 31.2. The van der Waals surface area contributed by atoms with E-state index in [1.807, 2.05) is 12.2 Å². The van der Waals surface area contributed by atoms with Gasteiger partial charge in [0.25, 0.3) is 0 Å². The van der Waals surface area contributed by atoms with Crippen LogP contribution in [0.25, 0.3) is 0 Å². The van der Waals surface area contributed by atoms with Gasteiger partial charge in [0, 0.05) is 12.8 Å². The van der Waals surface area contributed by atoms with Gasteiger partial charge in [-0.05, 0) is 51.4 Å². The molecular formula is C52H91O10P. The van der Waals surface area contributed by atoms with Crippen molar-refractivity contribution in [2.45, 2.75) is 219 Å². The number of carbonyl (C=O) groups excluding carboxylic acids is 2. The van der Waals surface area contributed by atoms with Crippen LogP contribution in [-0.4, -0.2) is 65.7 Å². The summed E-state index contributed by atoms with van der Waals surface area (Å²) in [6.45, 7) is 2.03. The van der Waals surface area contributed by atoms with E-state index >= 15 is 0 Å². The quantitative estimate of drug-likeness (QED) is 0.0233. The number of ether oxygens (including phenoxy) is 2. The summed E-state index contributed by atoms with van der Waals surface area (Å²) in [5.41, 5.74) is 0. The summed E-state index contributed by atoms with van der Waals surface area (Å²) in [4.78, 5) is 34.6. The summed E-state index contributed by atoms with van der Waals surface area (Å²) < 4.78 is 32.6. The zero-order valence-electron chi connectivity index (χ0n) is 39.8. The Morgan fingerprint density at radius 3 is 1.08 bits per heavy atom. The molecule has 0 saturated heterocycles. The first-order chi connectivity index (χ1) is 30.8. The fraction of sp³-hybridized carbons (Fsp3) is 0.731. The van der Waals surface area contributed by atoms with Gasteiger partial charge in [0.15, 0.2) is 0 Å². The topological polar surface area (TPSA) is 149 Å². The van der Waals surface area contributed by atoms with Crippen molar-refractivity contribution in [1.29, 1.82) is 0 Å². The molecule has 3 N–H and O–H groups in total. The summed E-state index contributed by atoms with van der Waals surface area (Å²) in [7, 11) is -4.66. The number of hydrogen-bond donors (Lipinski definition) is 3. The SMILES string of the molecule is CC/C=C\C/C=C\C/C=C\C/C=C\C/C=C\C/C=C\CCC(=O)OC(CO)COP(=O)(O)OCC(CO)OC(=O)CCCCCCCCCCCCCCCCCCCCCCC. The number of phosphoric ester groups is 1. The lowest BCUT2D eigenvalue weighted by atomic mass is 10.0. The van der Waals surface area contributed by atoms with Crippen molar-refractivity contribution < 1.29 is 47.8 Å². The second-order valence-electron chi connectivity index (χ2n) is 16.4. The lowest BCUT2D eigenvalue weighted by Crippen LogP contribution is -2.28. The van der Waals surface area contributed by atoms with Crippen LogP contribution in [0.5, 0.6) is 0 Å². The number of allylic oxidation sites excluding steroid dienone is 12. The molecular weight excluding hydrogens is 816 g/mol. The van der Waals surface area contributed by atoms with Crippen LogP contribution in [0.4, 0.5) is 0 Å². The van der Waals surface area contributed by atoms with E-state index < -0.39 is 58.4 Å². The van der Waals surface area contributed by atoms with Gasteiger partial charge in [-0.15, -0.1) is 0 Å². The molecule has 11 heteroatoms. The molecule has 0 aliphatic rings. The highest BCUT2D eigenvalue weighted by molar-refractivity contribution is 7.47. The van der Waals surface area contributed by atoms with Crippen molar-refractivity contribution in [2.75, 3.05) is 26.4 Å². The molecule has 0 aliphatic heterocycles. The van der Waals surface area contributed by atoms with Gasteiger partial charge < -0.3 is 24.6 Å². The minimum Gasteiger partial charge on any atom is -0.457 e. The third-order valence-corrected chi connectivity index (χ3v) is 11.4. The maximum absolute atomic E-state index is 12.4. The Bertz CT molecular complexity index is 1270. The smallest absolute Gasteiger partial charge is 0.457 e. The van der Waals surface area contributed by atoms with E-state index in [1.54, 1.807) is 0 Å². The maximum Gasteiger partial charge on any atom is 0.472 e. The molecule has 0 aromatic carbocycles. The number of aliphatic hydroxyl groups is 2. The number of aliphatic hydroxyl groups excluding tert-OH is 2.